The lowest BCUT2D eigenvalue weighted by Gasteiger charge is -2.40. The predicted octanol–water partition coefficient (Wildman–Crippen LogP) is 2.73. The lowest BCUT2D eigenvalue weighted by atomic mass is 10.0. The maximum absolute atomic E-state index is 13.4. The number of esters is 1. The van der Waals surface area contributed by atoms with Crippen LogP contribution in [-0.2, 0) is 4.74 Å². The fourth-order valence-corrected chi connectivity index (χ4v) is 3.88. The number of piperazine rings is 1. The van der Waals surface area contributed by atoms with Gasteiger partial charge in [-0.05, 0) is 39.3 Å². The third kappa shape index (κ3) is 4.69. The van der Waals surface area contributed by atoms with Crippen molar-refractivity contribution in [2.24, 2.45) is 0 Å². The van der Waals surface area contributed by atoms with E-state index in [1.54, 1.807) is 23.6 Å². The molecule has 0 N–H and O–H groups in total. The molecule has 1 aliphatic heterocycles. The van der Waals surface area contributed by atoms with E-state index >= 15 is 0 Å². The number of benzene rings is 1. The quantitative estimate of drug-likeness (QED) is 0.529. The first kappa shape index (κ1) is 23.1. The number of nitrogens with zero attached hydrogens (tertiary/aromatic N) is 4. The monoisotopic (exact) mass is 436 g/mol. The van der Waals surface area contributed by atoms with Crippen molar-refractivity contribution in [3.8, 4) is 0 Å². The fourth-order valence-electron chi connectivity index (χ4n) is 3.88. The second-order valence-electron chi connectivity index (χ2n) is 7.88. The molecule has 0 aliphatic carbocycles. The zero-order chi connectivity index (χ0) is 23.4. The highest BCUT2D eigenvalue weighted by atomic mass is 16.5. The molecule has 1 aromatic carbocycles. The topological polar surface area (TPSA) is 92.7 Å². The summed E-state index contributed by atoms with van der Waals surface area (Å²) in [6.45, 7) is 11.8. The van der Waals surface area contributed by atoms with Gasteiger partial charge in [-0.2, -0.15) is 0 Å². The Morgan fingerprint density at radius 1 is 1.12 bits per heavy atom. The summed E-state index contributed by atoms with van der Waals surface area (Å²) in [6.07, 6.45) is 1.45. The molecular weight excluding hydrogens is 408 g/mol. The molecule has 0 spiro atoms. The van der Waals surface area contributed by atoms with Crippen LogP contribution in [0.15, 0.2) is 36.9 Å². The van der Waals surface area contributed by atoms with Gasteiger partial charge in [0.25, 0.3) is 11.8 Å². The van der Waals surface area contributed by atoms with Crippen molar-refractivity contribution in [3.63, 3.8) is 0 Å². The molecule has 1 aliphatic rings. The molecule has 3 rings (SSSR count). The van der Waals surface area contributed by atoms with Crippen molar-refractivity contribution in [2.45, 2.75) is 33.7 Å². The third-order valence-corrected chi connectivity index (χ3v) is 5.49. The lowest BCUT2D eigenvalue weighted by Crippen LogP contribution is -2.55. The Labute approximate surface area is 187 Å². The first-order chi connectivity index (χ1) is 15.2. The average molecular weight is 437 g/mol. The van der Waals surface area contributed by atoms with Gasteiger partial charge in [-0.25, -0.2) is 14.8 Å². The van der Waals surface area contributed by atoms with Gasteiger partial charge in [0.15, 0.2) is 0 Å². The number of rotatable bonds is 5. The molecule has 1 atom stereocenters. The number of carbonyl (C=O) groups is 3. The Hall–Kier alpha value is -3.55. The van der Waals surface area contributed by atoms with Gasteiger partial charge in [0.05, 0.1) is 5.69 Å². The Morgan fingerprint density at radius 2 is 1.84 bits per heavy atom. The van der Waals surface area contributed by atoms with Gasteiger partial charge in [0.2, 0.25) is 0 Å². The van der Waals surface area contributed by atoms with Gasteiger partial charge in [-0.15, -0.1) is 0 Å². The van der Waals surface area contributed by atoms with Crippen LogP contribution in [0.2, 0.25) is 0 Å². The Balaban J connectivity index is 1.82. The van der Waals surface area contributed by atoms with Gasteiger partial charge in [-0.1, -0.05) is 30.9 Å². The standard InChI is InChI=1S/C24H28N4O4/c1-6-13-32-24(31)20-17(4)25-18(5)26-21(20)23(30)27-11-12-28(16(3)14-27)22(29)19-10-8-7-9-15(19)2/h6-10,16H,1,11-14H2,2-5H3. The Kier molecular flexibility index (Phi) is 7.02. The summed E-state index contributed by atoms with van der Waals surface area (Å²) in [5, 5.41) is 0. The highest BCUT2D eigenvalue weighted by Gasteiger charge is 2.34. The third-order valence-electron chi connectivity index (χ3n) is 5.49. The van der Waals surface area contributed by atoms with Crippen LogP contribution in [0.3, 0.4) is 0 Å². The van der Waals surface area contributed by atoms with Crippen molar-refractivity contribution in [1.82, 2.24) is 19.8 Å². The predicted molar refractivity (Wildman–Crippen MR) is 120 cm³/mol. The average Bonchev–Trinajstić information content (AvgIpc) is 2.76. The van der Waals surface area contributed by atoms with Crippen LogP contribution in [0.5, 0.6) is 0 Å². The molecule has 168 valence electrons. The molecular formula is C24H28N4O4. The molecule has 0 radical (unpaired) electrons. The molecule has 1 saturated heterocycles. The van der Waals surface area contributed by atoms with Crippen LogP contribution in [0.1, 0.15) is 55.2 Å². The minimum Gasteiger partial charge on any atom is -0.458 e. The molecule has 2 heterocycles. The number of amides is 2. The Bertz CT molecular complexity index is 1070. The van der Waals surface area contributed by atoms with Gasteiger partial charge < -0.3 is 14.5 Å². The molecule has 8 nitrogen and oxygen atoms in total. The van der Waals surface area contributed by atoms with E-state index < -0.39 is 5.97 Å². The molecule has 1 aromatic heterocycles. The van der Waals surface area contributed by atoms with Gasteiger partial charge in [-0.3, -0.25) is 9.59 Å². The van der Waals surface area contributed by atoms with Gasteiger partial charge in [0.1, 0.15) is 23.7 Å². The number of carbonyl (C=O) groups excluding carboxylic acids is 3. The van der Waals surface area contributed by atoms with Crippen molar-refractivity contribution >= 4 is 17.8 Å². The summed E-state index contributed by atoms with van der Waals surface area (Å²) < 4.78 is 5.15. The van der Waals surface area contributed by atoms with Crippen LogP contribution in [-0.4, -0.2) is 69.8 Å². The van der Waals surface area contributed by atoms with Crippen LogP contribution < -0.4 is 0 Å². The maximum atomic E-state index is 13.4. The van der Waals surface area contributed by atoms with Crippen molar-refractivity contribution in [3.05, 3.63) is 70.8 Å². The largest absolute Gasteiger partial charge is 0.458 e. The molecule has 1 fully saturated rings. The number of aromatic nitrogens is 2. The van der Waals surface area contributed by atoms with E-state index in [9.17, 15) is 14.4 Å². The zero-order valence-electron chi connectivity index (χ0n) is 18.9. The summed E-state index contributed by atoms with van der Waals surface area (Å²) >= 11 is 0. The first-order valence-electron chi connectivity index (χ1n) is 10.5. The molecule has 1 unspecified atom stereocenters. The SMILES string of the molecule is C=CCOC(=O)c1c(C)nc(C)nc1C(=O)N1CCN(C(=O)c2ccccc2C)C(C)C1. The van der Waals surface area contributed by atoms with E-state index in [0.717, 1.165) is 5.56 Å². The molecule has 0 bridgehead atoms. The minimum atomic E-state index is -0.660. The second-order valence-corrected chi connectivity index (χ2v) is 7.88. The molecule has 32 heavy (non-hydrogen) atoms. The summed E-state index contributed by atoms with van der Waals surface area (Å²) in [6, 6.07) is 7.27. The van der Waals surface area contributed by atoms with Crippen molar-refractivity contribution < 1.29 is 19.1 Å². The van der Waals surface area contributed by atoms with E-state index in [4.69, 9.17) is 4.74 Å². The summed E-state index contributed by atoms with van der Waals surface area (Å²) in [4.78, 5) is 50.9. The maximum Gasteiger partial charge on any atom is 0.342 e. The summed E-state index contributed by atoms with van der Waals surface area (Å²) in [5.74, 6) is -0.691. The van der Waals surface area contributed by atoms with Gasteiger partial charge in [0, 0.05) is 31.2 Å². The molecule has 2 amide bonds. The summed E-state index contributed by atoms with van der Waals surface area (Å²) in [5.41, 5.74) is 2.05. The van der Waals surface area contributed by atoms with E-state index in [0.29, 0.717) is 36.7 Å². The lowest BCUT2D eigenvalue weighted by molar-refractivity contribution is 0.0406. The number of ether oxygens (including phenoxy) is 1. The van der Waals surface area contributed by atoms with E-state index in [-0.39, 0.29) is 35.7 Å². The second kappa shape index (κ2) is 9.72. The van der Waals surface area contributed by atoms with Gasteiger partial charge >= 0.3 is 5.97 Å². The minimum absolute atomic E-state index is 0.0231. The number of hydrogen-bond donors (Lipinski definition) is 0. The highest BCUT2D eigenvalue weighted by molar-refractivity contribution is 6.04. The highest BCUT2D eigenvalue weighted by Crippen LogP contribution is 2.20. The van der Waals surface area contributed by atoms with E-state index in [2.05, 4.69) is 16.5 Å². The number of aryl methyl sites for hydroxylation is 3. The molecule has 2 aromatic rings. The van der Waals surface area contributed by atoms with Crippen molar-refractivity contribution in [2.75, 3.05) is 26.2 Å². The van der Waals surface area contributed by atoms with E-state index in [1.165, 1.54) is 6.08 Å². The fraction of sp³-hybridized carbons (Fsp3) is 0.375. The van der Waals surface area contributed by atoms with E-state index in [1.807, 2.05) is 38.1 Å². The Morgan fingerprint density at radius 3 is 2.50 bits per heavy atom. The molecule has 0 saturated carbocycles. The van der Waals surface area contributed by atoms with Crippen LogP contribution in [0, 0.1) is 20.8 Å². The van der Waals surface area contributed by atoms with Crippen LogP contribution in [0.4, 0.5) is 0 Å². The van der Waals surface area contributed by atoms with Crippen molar-refractivity contribution in [1.29, 1.82) is 0 Å². The normalized spacial score (nSPS) is 15.9. The molecule has 8 heteroatoms. The van der Waals surface area contributed by atoms with Crippen LogP contribution in [0.25, 0.3) is 0 Å². The number of hydrogen-bond acceptors (Lipinski definition) is 6. The summed E-state index contributed by atoms with van der Waals surface area (Å²) in [7, 11) is 0. The first-order valence-corrected chi connectivity index (χ1v) is 10.5. The zero-order valence-corrected chi connectivity index (χ0v) is 18.9. The smallest absolute Gasteiger partial charge is 0.342 e. The van der Waals surface area contributed by atoms with Crippen LogP contribution >= 0.6 is 0 Å².